The molecular formula is C22H25N3O3S. The van der Waals surface area contributed by atoms with E-state index in [1.807, 2.05) is 39.0 Å². The average molecular weight is 412 g/mol. The van der Waals surface area contributed by atoms with E-state index in [2.05, 4.69) is 5.32 Å². The largest absolute Gasteiger partial charge is 0.326 e. The van der Waals surface area contributed by atoms with Crippen LogP contribution in [0.1, 0.15) is 35.1 Å². The van der Waals surface area contributed by atoms with Crippen molar-refractivity contribution in [1.29, 1.82) is 0 Å². The molecule has 1 amide bonds. The Bertz CT molecular complexity index is 1100. The lowest BCUT2D eigenvalue weighted by atomic mass is 10.00. The van der Waals surface area contributed by atoms with Gasteiger partial charge in [-0.2, -0.15) is 4.31 Å². The second-order valence-corrected chi connectivity index (χ2v) is 9.90. The molecule has 6 nitrogen and oxygen atoms in total. The van der Waals surface area contributed by atoms with Crippen LogP contribution in [0.2, 0.25) is 0 Å². The molecule has 1 fully saturated rings. The molecule has 2 aliphatic heterocycles. The molecule has 0 unspecified atom stereocenters. The van der Waals surface area contributed by atoms with Crippen molar-refractivity contribution in [3.63, 3.8) is 0 Å². The lowest BCUT2D eigenvalue weighted by molar-refractivity contribution is -0.115. The van der Waals surface area contributed by atoms with Crippen LogP contribution in [0.3, 0.4) is 0 Å². The first kappa shape index (κ1) is 19.8. The number of aliphatic imine (C=N–C) groups is 1. The highest BCUT2D eigenvalue weighted by Gasteiger charge is 2.44. The van der Waals surface area contributed by atoms with Crippen molar-refractivity contribution in [3.05, 3.63) is 64.7 Å². The second kappa shape index (κ2) is 7.07. The van der Waals surface area contributed by atoms with Gasteiger partial charge in [0.2, 0.25) is 10.0 Å². The monoisotopic (exact) mass is 411 g/mol. The summed E-state index contributed by atoms with van der Waals surface area (Å²) in [6.45, 7) is 6.60. The Morgan fingerprint density at radius 3 is 2.24 bits per heavy atom. The zero-order chi connectivity index (χ0) is 20.8. The molecule has 0 radical (unpaired) electrons. The maximum absolute atomic E-state index is 12.9. The number of aryl methyl sites for hydroxylation is 3. The first-order valence-electron chi connectivity index (χ1n) is 9.77. The summed E-state index contributed by atoms with van der Waals surface area (Å²) in [4.78, 5) is 17.6. The maximum atomic E-state index is 12.9. The average Bonchev–Trinajstić information content (AvgIpc) is 3.00. The van der Waals surface area contributed by atoms with Crippen LogP contribution in [0.5, 0.6) is 0 Å². The number of nitrogens with one attached hydrogen (secondary N) is 1. The zero-order valence-electron chi connectivity index (χ0n) is 16.9. The fourth-order valence-electron chi connectivity index (χ4n) is 3.84. The van der Waals surface area contributed by atoms with Gasteiger partial charge in [-0.15, -0.1) is 0 Å². The minimum atomic E-state index is -3.54. The summed E-state index contributed by atoms with van der Waals surface area (Å²) < 4.78 is 27.3. The van der Waals surface area contributed by atoms with Crippen LogP contribution < -0.4 is 5.32 Å². The van der Waals surface area contributed by atoms with Gasteiger partial charge in [0, 0.05) is 31.5 Å². The van der Waals surface area contributed by atoms with Crippen LogP contribution >= 0.6 is 0 Å². The van der Waals surface area contributed by atoms with E-state index in [-0.39, 0.29) is 5.91 Å². The van der Waals surface area contributed by atoms with Gasteiger partial charge in [0.25, 0.3) is 5.91 Å². The summed E-state index contributed by atoms with van der Waals surface area (Å²) in [5, 5.41) is 3.01. The Labute approximate surface area is 171 Å². The number of benzene rings is 2. The van der Waals surface area contributed by atoms with Gasteiger partial charge in [0.15, 0.2) is 0 Å². The van der Waals surface area contributed by atoms with E-state index in [0.29, 0.717) is 36.5 Å². The summed E-state index contributed by atoms with van der Waals surface area (Å²) in [6.07, 6.45) is 0.913. The molecule has 0 aromatic heterocycles. The number of nitrogens with zero attached hydrogens (tertiary/aromatic N) is 2. The molecule has 29 heavy (non-hydrogen) atoms. The Hall–Kier alpha value is -2.51. The van der Waals surface area contributed by atoms with Gasteiger partial charge < -0.3 is 5.32 Å². The van der Waals surface area contributed by atoms with Crippen molar-refractivity contribution in [2.24, 2.45) is 4.99 Å². The van der Waals surface area contributed by atoms with E-state index in [1.54, 1.807) is 24.3 Å². The molecule has 2 heterocycles. The zero-order valence-corrected chi connectivity index (χ0v) is 17.7. The van der Waals surface area contributed by atoms with Crippen LogP contribution in [0.4, 0.5) is 0 Å². The number of piperidine rings is 1. The summed E-state index contributed by atoms with van der Waals surface area (Å²) in [7, 11) is -3.54. The van der Waals surface area contributed by atoms with Crippen LogP contribution in [0.25, 0.3) is 0 Å². The van der Waals surface area contributed by atoms with E-state index < -0.39 is 15.7 Å². The van der Waals surface area contributed by atoms with Crippen molar-refractivity contribution < 1.29 is 13.2 Å². The van der Waals surface area contributed by atoms with Gasteiger partial charge in [-0.25, -0.2) is 8.42 Å². The van der Waals surface area contributed by atoms with E-state index in [9.17, 15) is 13.2 Å². The standard InChI is InChI=1S/C22H25N3O3S/c1-15-4-8-19(9-5-15)29(27,28)25-12-10-22(11-13-25)23-20(21(26)24-22)18-7-6-16(2)17(3)14-18/h4-9,14H,10-13H2,1-3H3,(H,24,26). The van der Waals surface area contributed by atoms with Gasteiger partial charge in [-0.3, -0.25) is 9.79 Å². The Morgan fingerprint density at radius 1 is 0.966 bits per heavy atom. The second-order valence-electron chi connectivity index (χ2n) is 7.96. The summed E-state index contributed by atoms with van der Waals surface area (Å²) >= 11 is 0. The predicted molar refractivity (Wildman–Crippen MR) is 112 cm³/mol. The number of hydrogen-bond donors (Lipinski definition) is 1. The van der Waals surface area contributed by atoms with Gasteiger partial charge in [0.05, 0.1) is 4.90 Å². The molecule has 1 spiro atoms. The minimum absolute atomic E-state index is 0.192. The van der Waals surface area contributed by atoms with Crippen LogP contribution in [0, 0.1) is 20.8 Å². The van der Waals surface area contributed by atoms with Crippen molar-refractivity contribution >= 4 is 21.6 Å². The Kier molecular flexibility index (Phi) is 4.83. The number of amides is 1. The molecule has 0 saturated carbocycles. The molecule has 2 aromatic carbocycles. The van der Waals surface area contributed by atoms with E-state index >= 15 is 0 Å². The normalized spacial score (nSPS) is 19.3. The molecular weight excluding hydrogens is 386 g/mol. The van der Waals surface area contributed by atoms with Crippen LogP contribution in [-0.4, -0.2) is 43.1 Å². The van der Waals surface area contributed by atoms with Crippen LogP contribution in [0.15, 0.2) is 52.4 Å². The number of rotatable bonds is 3. The van der Waals surface area contributed by atoms with E-state index in [1.165, 1.54) is 4.31 Å². The molecule has 4 rings (SSSR count). The highest BCUT2D eigenvalue weighted by atomic mass is 32.2. The van der Waals surface area contributed by atoms with Crippen molar-refractivity contribution in [2.75, 3.05) is 13.1 Å². The molecule has 0 bridgehead atoms. The number of carbonyl (C=O) groups is 1. The summed E-state index contributed by atoms with van der Waals surface area (Å²) in [5.41, 5.74) is 3.81. The Morgan fingerprint density at radius 2 is 1.62 bits per heavy atom. The Balaban J connectivity index is 1.54. The molecule has 1 saturated heterocycles. The minimum Gasteiger partial charge on any atom is -0.326 e. The third kappa shape index (κ3) is 3.60. The highest BCUT2D eigenvalue weighted by Crippen LogP contribution is 2.31. The van der Waals surface area contributed by atoms with Crippen molar-refractivity contribution in [2.45, 2.75) is 44.2 Å². The molecule has 2 aromatic rings. The number of hydrogen-bond acceptors (Lipinski definition) is 4. The topological polar surface area (TPSA) is 78.8 Å². The quantitative estimate of drug-likeness (QED) is 0.843. The first-order chi connectivity index (χ1) is 13.7. The van der Waals surface area contributed by atoms with Gasteiger partial charge in [0.1, 0.15) is 11.4 Å². The van der Waals surface area contributed by atoms with Crippen LogP contribution in [-0.2, 0) is 14.8 Å². The lowest BCUT2D eigenvalue weighted by Gasteiger charge is -2.36. The third-order valence-electron chi connectivity index (χ3n) is 5.88. The molecule has 0 atom stereocenters. The fourth-order valence-corrected chi connectivity index (χ4v) is 5.28. The van der Waals surface area contributed by atoms with E-state index in [4.69, 9.17) is 4.99 Å². The predicted octanol–water partition coefficient (Wildman–Crippen LogP) is 2.71. The first-order valence-corrected chi connectivity index (χ1v) is 11.2. The van der Waals surface area contributed by atoms with Gasteiger partial charge in [-0.1, -0.05) is 29.8 Å². The molecule has 1 N–H and O–H groups in total. The van der Waals surface area contributed by atoms with Gasteiger partial charge >= 0.3 is 0 Å². The SMILES string of the molecule is Cc1ccc(S(=O)(=O)N2CCC3(CC2)N=C(c2ccc(C)c(C)c2)C(=O)N3)cc1. The fraction of sp³-hybridized carbons (Fsp3) is 0.364. The molecule has 2 aliphatic rings. The number of sulfonamides is 1. The van der Waals surface area contributed by atoms with E-state index in [0.717, 1.165) is 22.3 Å². The maximum Gasteiger partial charge on any atom is 0.272 e. The van der Waals surface area contributed by atoms with Crippen molar-refractivity contribution in [1.82, 2.24) is 9.62 Å². The van der Waals surface area contributed by atoms with Gasteiger partial charge in [-0.05, 0) is 50.1 Å². The number of carbonyl (C=O) groups excluding carboxylic acids is 1. The molecule has 152 valence electrons. The smallest absolute Gasteiger partial charge is 0.272 e. The summed E-state index contributed by atoms with van der Waals surface area (Å²) in [5.74, 6) is -0.192. The third-order valence-corrected chi connectivity index (χ3v) is 7.79. The van der Waals surface area contributed by atoms with Crippen molar-refractivity contribution in [3.8, 4) is 0 Å². The lowest BCUT2D eigenvalue weighted by Crippen LogP contribution is -2.52. The highest BCUT2D eigenvalue weighted by molar-refractivity contribution is 7.89. The summed E-state index contributed by atoms with van der Waals surface area (Å²) in [6, 6.07) is 12.8. The molecule has 7 heteroatoms. The molecule has 0 aliphatic carbocycles.